The predicted molar refractivity (Wildman–Crippen MR) is 67.5 cm³/mol. The van der Waals surface area contributed by atoms with Gasteiger partial charge in [-0.05, 0) is 32.5 Å². The molecule has 1 aliphatic rings. The van der Waals surface area contributed by atoms with E-state index >= 15 is 0 Å². The van der Waals surface area contributed by atoms with Crippen molar-refractivity contribution in [1.29, 1.82) is 0 Å². The topological polar surface area (TPSA) is 49.4 Å². The number of hydrogen-bond donors (Lipinski definition) is 1. The van der Waals surface area contributed by atoms with E-state index in [1.165, 1.54) is 0 Å². The van der Waals surface area contributed by atoms with Crippen LogP contribution >= 0.6 is 0 Å². The van der Waals surface area contributed by atoms with Crippen LogP contribution in [0.5, 0.6) is 0 Å². The highest BCUT2D eigenvalue weighted by molar-refractivity contribution is 7.91. The minimum Gasteiger partial charge on any atom is -0.317 e. The maximum absolute atomic E-state index is 11.5. The van der Waals surface area contributed by atoms with Crippen LogP contribution < -0.4 is 5.32 Å². The molecule has 5 heteroatoms. The molecule has 0 saturated carbocycles. The van der Waals surface area contributed by atoms with Crippen LogP contribution in [0.3, 0.4) is 0 Å². The van der Waals surface area contributed by atoms with Crippen LogP contribution in [0.15, 0.2) is 0 Å². The van der Waals surface area contributed by atoms with Gasteiger partial charge in [0.15, 0.2) is 9.84 Å². The second-order valence-electron chi connectivity index (χ2n) is 4.35. The van der Waals surface area contributed by atoms with Crippen molar-refractivity contribution in [2.75, 3.05) is 37.7 Å². The molecule has 4 nitrogen and oxygen atoms in total. The molecular formula is C11H24N2O2S. The van der Waals surface area contributed by atoms with Crippen molar-refractivity contribution in [3.8, 4) is 0 Å². The lowest BCUT2D eigenvalue weighted by Crippen LogP contribution is -2.44. The Morgan fingerprint density at radius 2 is 1.88 bits per heavy atom. The standard InChI is InChI=1S/C11H24N2O2S/c1-3-13(9-10-16(14,15)4-2)11-5-7-12-8-6-11/h11-12H,3-10H2,1-2H3. The summed E-state index contributed by atoms with van der Waals surface area (Å²) in [5.41, 5.74) is 0. The van der Waals surface area contributed by atoms with Gasteiger partial charge in [-0.3, -0.25) is 4.90 Å². The smallest absolute Gasteiger partial charge is 0.151 e. The Morgan fingerprint density at radius 1 is 1.25 bits per heavy atom. The largest absolute Gasteiger partial charge is 0.317 e. The van der Waals surface area contributed by atoms with E-state index in [1.807, 2.05) is 0 Å². The van der Waals surface area contributed by atoms with E-state index in [4.69, 9.17) is 0 Å². The average Bonchev–Trinajstić information content (AvgIpc) is 2.31. The molecule has 0 aromatic carbocycles. The number of piperidine rings is 1. The summed E-state index contributed by atoms with van der Waals surface area (Å²) in [7, 11) is -2.82. The first kappa shape index (κ1) is 13.9. The zero-order valence-electron chi connectivity index (χ0n) is 10.4. The molecule has 1 N–H and O–H groups in total. The first-order valence-electron chi connectivity index (χ1n) is 6.24. The molecule has 1 aliphatic heterocycles. The minimum atomic E-state index is -2.82. The highest BCUT2D eigenvalue weighted by Crippen LogP contribution is 2.11. The molecule has 1 rings (SSSR count). The third-order valence-electron chi connectivity index (χ3n) is 3.36. The average molecular weight is 248 g/mol. The zero-order valence-corrected chi connectivity index (χ0v) is 11.2. The van der Waals surface area contributed by atoms with E-state index < -0.39 is 9.84 Å². The fraction of sp³-hybridized carbons (Fsp3) is 1.00. The highest BCUT2D eigenvalue weighted by Gasteiger charge is 2.20. The van der Waals surface area contributed by atoms with Gasteiger partial charge in [-0.2, -0.15) is 0 Å². The Hall–Kier alpha value is -0.130. The molecule has 1 fully saturated rings. The minimum absolute atomic E-state index is 0.261. The van der Waals surface area contributed by atoms with Crippen molar-refractivity contribution < 1.29 is 8.42 Å². The van der Waals surface area contributed by atoms with E-state index in [1.54, 1.807) is 6.92 Å². The van der Waals surface area contributed by atoms with Gasteiger partial charge < -0.3 is 5.32 Å². The molecule has 1 saturated heterocycles. The molecule has 0 radical (unpaired) electrons. The zero-order chi connectivity index (χ0) is 12.0. The van der Waals surface area contributed by atoms with E-state index in [-0.39, 0.29) is 5.75 Å². The summed E-state index contributed by atoms with van der Waals surface area (Å²) in [6.45, 7) is 7.58. The summed E-state index contributed by atoms with van der Waals surface area (Å²) in [6, 6.07) is 0.568. The van der Waals surface area contributed by atoms with Crippen LogP contribution in [-0.4, -0.2) is 57.0 Å². The van der Waals surface area contributed by atoms with Crippen LogP contribution in [0, 0.1) is 0 Å². The third kappa shape index (κ3) is 4.39. The van der Waals surface area contributed by atoms with Gasteiger partial charge in [0.1, 0.15) is 0 Å². The lowest BCUT2D eigenvalue weighted by atomic mass is 10.1. The summed E-state index contributed by atoms with van der Waals surface area (Å²) >= 11 is 0. The van der Waals surface area contributed by atoms with E-state index in [0.717, 1.165) is 32.5 Å². The summed E-state index contributed by atoms with van der Waals surface area (Å²) < 4.78 is 22.9. The van der Waals surface area contributed by atoms with Gasteiger partial charge in [0, 0.05) is 18.3 Å². The second kappa shape index (κ2) is 6.57. The molecule has 0 aromatic rings. The third-order valence-corrected chi connectivity index (χ3v) is 5.04. The quantitative estimate of drug-likeness (QED) is 0.743. The van der Waals surface area contributed by atoms with Crippen LogP contribution in [0.25, 0.3) is 0 Å². The summed E-state index contributed by atoms with van der Waals surface area (Å²) in [5, 5.41) is 3.33. The van der Waals surface area contributed by atoms with Crippen LogP contribution in [-0.2, 0) is 9.84 Å². The van der Waals surface area contributed by atoms with Gasteiger partial charge in [0.2, 0.25) is 0 Å². The first-order valence-corrected chi connectivity index (χ1v) is 8.06. The summed E-state index contributed by atoms with van der Waals surface area (Å²) in [5.74, 6) is 0.568. The Morgan fingerprint density at radius 3 is 2.38 bits per heavy atom. The summed E-state index contributed by atoms with van der Waals surface area (Å²) in [6.07, 6.45) is 2.28. The van der Waals surface area contributed by atoms with Crippen LogP contribution in [0.2, 0.25) is 0 Å². The second-order valence-corrected chi connectivity index (χ2v) is 6.82. The van der Waals surface area contributed by atoms with E-state index in [9.17, 15) is 8.42 Å². The van der Waals surface area contributed by atoms with E-state index in [0.29, 0.717) is 18.3 Å². The number of hydrogen-bond acceptors (Lipinski definition) is 4. The monoisotopic (exact) mass is 248 g/mol. The molecule has 0 aliphatic carbocycles. The fourth-order valence-corrected chi connectivity index (χ4v) is 2.97. The molecule has 0 amide bonds. The molecule has 16 heavy (non-hydrogen) atoms. The van der Waals surface area contributed by atoms with Crippen molar-refractivity contribution in [2.45, 2.75) is 32.7 Å². The van der Waals surface area contributed by atoms with E-state index in [2.05, 4.69) is 17.1 Å². The fourth-order valence-electron chi connectivity index (χ4n) is 2.17. The molecular weight excluding hydrogens is 224 g/mol. The number of nitrogens with zero attached hydrogens (tertiary/aromatic N) is 1. The maximum Gasteiger partial charge on any atom is 0.151 e. The SMILES string of the molecule is CCN(CCS(=O)(=O)CC)C1CCNCC1. The van der Waals surface area contributed by atoms with Crippen molar-refractivity contribution in [3.63, 3.8) is 0 Å². The highest BCUT2D eigenvalue weighted by atomic mass is 32.2. The van der Waals surface area contributed by atoms with Gasteiger partial charge in [-0.15, -0.1) is 0 Å². The normalized spacial score (nSPS) is 19.2. The van der Waals surface area contributed by atoms with Crippen LogP contribution in [0.4, 0.5) is 0 Å². The molecule has 0 spiro atoms. The van der Waals surface area contributed by atoms with Crippen LogP contribution in [0.1, 0.15) is 26.7 Å². The Kier molecular flexibility index (Phi) is 5.72. The summed E-state index contributed by atoms with van der Waals surface area (Å²) in [4.78, 5) is 2.31. The van der Waals surface area contributed by atoms with Gasteiger partial charge in [-0.25, -0.2) is 8.42 Å². The maximum atomic E-state index is 11.5. The Bertz CT molecular complexity index is 284. The van der Waals surface area contributed by atoms with Crippen molar-refractivity contribution in [1.82, 2.24) is 10.2 Å². The molecule has 96 valence electrons. The molecule has 1 heterocycles. The van der Waals surface area contributed by atoms with Crippen molar-refractivity contribution >= 4 is 9.84 Å². The Balaban J connectivity index is 2.42. The number of rotatable bonds is 6. The van der Waals surface area contributed by atoms with Gasteiger partial charge in [0.05, 0.1) is 5.75 Å². The molecule has 0 bridgehead atoms. The number of nitrogens with one attached hydrogen (secondary N) is 1. The molecule has 0 atom stereocenters. The lowest BCUT2D eigenvalue weighted by Gasteiger charge is -2.33. The lowest BCUT2D eigenvalue weighted by molar-refractivity contribution is 0.179. The molecule has 0 unspecified atom stereocenters. The first-order chi connectivity index (χ1) is 7.59. The van der Waals surface area contributed by atoms with Crippen molar-refractivity contribution in [2.24, 2.45) is 0 Å². The van der Waals surface area contributed by atoms with Gasteiger partial charge >= 0.3 is 0 Å². The van der Waals surface area contributed by atoms with Gasteiger partial charge in [0.25, 0.3) is 0 Å². The van der Waals surface area contributed by atoms with Gasteiger partial charge in [-0.1, -0.05) is 13.8 Å². The number of sulfone groups is 1. The predicted octanol–water partition coefficient (Wildman–Crippen LogP) is 0.495. The Labute approximate surface area is 99.3 Å². The molecule has 0 aromatic heterocycles. The van der Waals surface area contributed by atoms with Crippen molar-refractivity contribution in [3.05, 3.63) is 0 Å².